The van der Waals surface area contributed by atoms with Crippen molar-refractivity contribution in [2.45, 2.75) is 31.3 Å². The molecule has 7 heteroatoms. The Morgan fingerprint density at radius 1 is 1.27 bits per heavy atom. The Labute approximate surface area is 150 Å². The van der Waals surface area contributed by atoms with E-state index in [2.05, 4.69) is 20.3 Å². The average molecular weight is 346 g/mol. The molecule has 0 aliphatic heterocycles. The van der Waals surface area contributed by atoms with Crippen LogP contribution in [0.5, 0.6) is 0 Å². The topological polar surface area (TPSA) is 95.7 Å². The molecular formula is C19H18N6O. The molecule has 7 nitrogen and oxygen atoms in total. The normalized spacial score (nSPS) is 18.8. The number of carbonyl (C=O) groups is 1. The van der Waals surface area contributed by atoms with Crippen LogP contribution in [0.15, 0.2) is 60.1 Å². The highest BCUT2D eigenvalue weighted by molar-refractivity contribution is 5.95. The Balaban J connectivity index is 1.40. The molecule has 130 valence electrons. The molecule has 1 aromatic heterocycles. The minimum absolute atomic E-state index is 0.0665. The third-order valence-electron chi connectivity index (χ3n) is 4.82. The third-order valence-corrected chi connectivity index (χ3v) is 4.82. The van der Waals surface area contributed by atoms with Gasteiger partial charge in [-0.05, 0) is 34.7 Å². The molecular weight excluding hydrogens is 328 g/mol. The molecule has 0 unspecified atom stereocenters. The molecule has 26 heavy (non-hydrogen) atoms. The fraction of sp³-hybridized carbons (Fsp3) is 0.263. The van der Waals surface area contributed by atoms with Crippen molar-refractivity contribution in [3.05, 3.63) is 71.0 Å². The van der Waals surface area contributed by atoms with Gasteiger partial charge in [-0.1, -0.05) is 47.6 Å². The van der Waals surface area contributed by atoms with E-state index in [1.165, 1.54) is 0 Å². The first-order valence-corrected chi connectivity index (χ1v) is 8.57. The fourth-order valence-electron chi connectivity index (χ4n) is 3.38. The number of hydrogen-bond acceptors (Lipinski definition) is 3. The van der Waals surface area contributed by atoms with E-state index in [0.717, 1.165) is 29.2 Å². The summed E-state index contributed by atoms with van der Waals surface area (Å²) in [6, 6.07) is 14.4. The van der Waals surface area contributed by atoms with Gasteiger partial charge in [0.1, 0.15) is 0 Å². The smallest absolute Gasteiger partial charge is 0.230 e. The number of amides is 1. The van der Waals surface area contributed by atoms with Gasteiger partial charge in [0.05, 0.1) is 12.7 Å². The third kappa shape index (κ3) is 3.25. The van der Waals surface area contributed by atoms with Gasteiger partial charge in [0, 0.05) is 23.2 Å². The summed E-state index contributed by atoms with van der Waals surface area (Å²) in [6.45, 7) is 0. The second-order valence-electron chi connectivity index (χ2n) is 6.55. The van der Waals surface area contributed by atoms with Gasteiger partial charge in [0.2, 0.25) is 5.91 Å². The largest absolute Gasteiger partial charge is 0.332 e. The lowest BCUT2D eigenvalue weighted by atomic mass is 9.87. The van der Waals surface area contributed by atoms with Crippen LogP contribution in [0.1, 0.15) is 24.4 Å². The Kier molecular flexibility index (Phi) is 4.29. The number of hydrogen-bond donors (Lipinski definition) is 1. The number of fused-ring (bicyclic) bond motifs is 1. The number of carbonyl (C=O) groups excluding carboxylic acids is 1. The first-order chi connectivity index (χ1) is 12.7. The fourth-order valence-corrected chi connectivity index (χ4v) is 3.38. The summed E-state index contributed by atoms with van der Waals surface area (Å²) >= 11 is 0. The van der Waals surface area contributed by atoms with Gasteiger partial charge in [-0.15, -0.1) is 0 Å². The van der Waals surface area contributed by atoms with Crippen LogP contribution in [-0.2, 0) is 11.2 Å². The molecule has 1 aliphatic rings. The molecule has 0 atom stereocenters. The van der Waals surface area contributed by atoms with Gasteiger partial charge in [0.15, 0.2) is 5.82 Å². The van der Waals surface area contributed by atoms with Crippen molar-refractivity contribution in [2.24, 2.45) is 5.11 Å². The summed E-state index contributed by atoms with van der Waals surface area (Å²) < 4.78 is 1.97. The molecule has 1 aliphatic carbocycles. The molecule has 1 heterocycles. The molecule has 1 amide bonds. The van der Waals surface area contributed by atoms with E-state index < -0.39 is 0 Å². The van der Waals surface area contributed by atoms with Gasteiger partial charge in [0.25, 0.3) is 0 Å². The second kappa shape index (κ2) is 6.90. The Bertz CT molecular complexity index is 993. The first-order valence-electron chi connectivity index (χ1n) is 8.57. The first kappa shape index (κ1) is 16.2. The molecule has 1 fully saturated rings. The lowest BCUT2D eigenvalue weighted by Gasteiger charge is -2.32. The van der Waals surface area contributed by atoms with Crippen molar-refractivity contribution in [3.8, 4) is 0 Å². The van der Waals surface area contributed by atoms with Crippen LogP contribution in [-0.4, -0.2) is 21.5 Å². The van der Waals surface area contributed by atoms with Crippen LogP contribution >= 0.6 is 0 Å². The average Bonchev–Trinajstić information content (AvgIpc) is 3.05. The highest BCUT2D eigenvalue weighted by Crippen LogP contribution is 2.35. The van der Waals surface area contributed by atoms with Crippen LogP contribution in [0.2, 0.25) is 0 Å². The molecule has 2 aromatic carbocycles. The minimum Gasteiger partial charge on any atom is -0.332 e. The predicted octanol–water partition coefficient (Wildman–Crippen LogP) is 4.23. The Morgan fingerprint density at radius 3 is 2.92 bits per heavy atom. The molecule has 4 rings (SSSR count). The molecule has 1 N–H and O–H groups in total. The van der Waals surface area contributed by atoms with Gasteiger partial charge < -0.3 is 9.88 Å². The van der Waals surface area contributed by atoms with E-state index in [1.54, 1.807) is 6.33 Å². The van der Waals surface area contributed by atoms with Gasteiger partial charge in [-0.2, -0.15) is 0 Å². The van der Waals surface area contributed by atoms with E-state index in [1.807, 2.05) is 53.2 Å². The van der Waals surface area contributed by atoms with Crippen molar-refractivity contribution in [3.63, 3.8) is 0 Å². The van der Waals surface area contributed by atoms with Crippen molar-refractivity contribution in [2.75, 3.05) is 5.32 Å². The SMILES string of the molecule is [N-]=[N+]=NC1CC(n2cnc(NC(=O)Cc3cccc4ccccc34)c2)C1. The predicted molar refractivity (Wildman–Crippen MR) is 99.7 cm³/mol. The number of rotatable bonds is 5. The van der Waals surface area contributed by atoms with Gasteiger partial charge in [-0.3, -0.25) is 4.79 Å². The lowest BCUT2D eigenvalue weighted by molar-refractivity contribution is -0.115. The number of aromatic nitrogens is 2. The highest BCUT2D eigenvalue weighted by atomic mass is 16.1. The Hall–Kier alpha value is -3.31. The lowest BCUT2D eigenvalue weighted by Crippen LogP contribution is -2.28. The van der Waals surface area contributed by atoms with Crippen molar-refractivity contribution < 1.29 is 4.79 Å². The van der Waals surface area contributed by atoms with E-state index in [-0.39, 0.29) is 18.0 Å². The molecule has 0 bridgehead atoms. The Morgan fingerprint density at radius 2 is 2.08 bits per heavy atom. The summed E-state index contributed by atoms with van der Waals surface area (Å²) in [7, 11) is 0. The zero-order chi connectivity index (χ0) is 17.9. The van der Waals surface area contributed by atoms with Crippen LogP contribution in [0.4, 0.5) is 5.82 Å². The molecule has 3 aromatic rings. The maximum Gasteiger partial charge on any atom is 0.230 e. The number of benzene rings is 2. The molecule has 0 radical (unpaired) electrons. The van der Waals surface area contributed by atoms with Crippen LogP contribution in [0, 0.1) is 0 Å². The van der Waals surface area contributed by atoms with E-state index in [0.29, 0.717) is 12.2 Å². The highest BCUT2D eigenvalue weighted by Gasteiger charge is 2.29. The van der Waals surface area contributed by atoms with Gasteiger partial charge >= 0.3 is 0 Å². The van der Waals surface area contributed by atoms with Crippen LogP contribution in [0.25, 0.3) is 21.2 Å². The standard InChI is InChI=1S/C19H18N6O/c20-24-23-15-9-16(10-15)25-11-18(21-12-25)22-19(26)8-14-6-3-5-13-4-1-2-7-17(13)14/h1-7,11-12,15-16H,8-10H2,(H,22,26). The quantitative estimate of drug-likeness (QED) is 0.425. The van der Waals surface area contributed by atoms with Crippen molar-refractivity contribution in [1.29, 1.82) is 0 Å². The summed E-state index contributed by atoms with van der Waals surface area (Å²) in [4.78, 5) is 19.5. The molecule has 1 saturated carbocycles. The molecule has 0 spiro atoms. The maximum atomic E-state index is 12.4. The summed E-state index contributed by atoms with van der Waals surface area (Å²) in [5, 5.41) is 8.79. The van der Waals surface area contributed by atoms with Gasteiger partial charge in [-0.25, -0.2) is 4.98 Å². The van der Waals surface area contributed by atoms with Crippen molar-refractivity contribution >= 4 is 22.5 Å². The zero-order valence-electron chi connectivity index (χ0n) is 14.1. The van der Waals surface area contributed by atoms with Crippen molar-refractivity contribution in [1.82, 2.24) is 9.55 Å². The summed E-state index contributed by atoms with van der Waals surface area (Å²) in [5.74, 6) is 0.453. The summed E-state index contributed by atoms with van der Waals surface area (Å²) in [5.41, 5.74) is 9.44. The number of imidazole rings is 1. The van der Waals surface area contributed by atoms with Crippen LogP contribution in [0.3, 0.4) is 0 Å². The summed E-state index contributed by atoms with van der Waals surface area (Å²) in [6.07, 6.45) is 5.46. The monoisotopic (exact) mass is 346 g/mol. The minimum atomic E-state index is -0.0906. The number of nitrogens with one attached hydrogen (secondary N) is 1. The molecule has 0 saturated heterocycles. The number of anilines is 1. The number of azide groups is 1. The number of nitrogens with zero attached hydrogens (tertiary/aromatic N) is 5. The second-order valence-corrected chi connectivity index (χ2v) is 6.55. The van der Waals surface area contributed by atoms with E-state index in [4.69, 9.17) is 5.53 Å². The van der Waals surface area contributed by atoms with E-state index in [9.17, 15) is 4.79 Å². The maximum absolute atomic E-state index is 12.4. The zero-order valence-corrected chi connectivity index (χ0v) is 14.1. The van der Waals surface area contributed by atoms with E-state index >= 15 is 0 Å². The van der Waals surface area contributed by atoms with Crippen LogP contribution < -0.4 is 5.32 Å².